The molecule has 0 aromatic rings. The first-order valence-electron chi connectivity index (χ1n) is 11.8. The van der Waals surface area contributed by atoms with Gasteiger partial charge in [-0.15, -0.1) is 0 Å². The third kappa shape index (κ3) is 2.78. The van der Waals surface area contributed by atoms with Gasteiger partial charge in [-0.2, -0.15) is 0 Å². The van der Waals surface area contributed by atoms with Crippen LogP contribution in [0, 0.1) is 39.9 Å². The molecule has 0 amide bonds. The molecule has 3 saturated carbocycles. The van der Waals surface area contributed by atoms with Crippen LogP contribution in [-0.4, -0.2) is 50.6 Å². The first-order chi connectivity index (χ1) is 13.8. The van der Waals surface area contributed by atoms with Gasteiger partial charge in [0, 0.05) is 5.41 Å². The molecule has 0 aromatic carbocycles. The number of carbonyl (C=O) groups excluding carboxylic acids is 1. The fourth-order valence-corrected chi connectivity index (χ4v) is 8.66. The zero-order valence-corrected chi connectivity index (χ0v) is 19.2. The topological polar surface area (TPSA) is 98.0 Å². The average Bonchev–Trinajstić information content (AvgIpc) is 3.23. The van der Waals surface area contributed by atoms with E-state index in [4.69, 9.17) is 0 Å². The van der Waals surface area contributed by atoms with Gasteiger partial charge >= 0.3 is 0 Å². The number of fused-ring (bicyclic) bond motifs is 2. The lowest BCUT2D eigenvalue weighted by molar-refractivity contribution is -0.151. The Bertz CT molecular complexity index is 759. The molecule has 5 nitrogen and oxygen atoms in total. The normalized spacial score (nSPS) is 50.3. The third-order valence-electron chi connectivity index (χ3n) is 9.88. The molecule has 4 rings (SSSR count). The Balaban J connectivity index is 1.73. The van der Waals surface area contributed by atoms with Gasteiger partial charge in [0.1, 0.15) is 11.7 Å². The van der Waals surface area contributed by atoms with Crippen molar-refractivity contribution >= 4 is 5.78 Å². The Hall–Kier alpha value is -0.750. The number of ketones is 1. The van der Waals surface area contributed by atoms with Gasteiger partial charge in [-0.1, -0.05) is 39.3 Å². The minimum atomic E-state index is -1.92. The van der Waals surface area contributed by atoms with Gasteiger partial charge in [0.2, 0.25) is 0 Å². The predicted octanol–water partition coefficient (Wildman–Crippen LogP) is 2.85. The third-order valence-corrected chi connectivity index (χ3v) is 9.88. The molecular formula is C25H40O5. The number of hydrogen-bond acceptors (Lipinski definition) is 5. The standard InChI is InChI=1S/C25H40O5/c1-14-10-19(28)25-15(2)6-7-16(25)20-22(3,11-17(14)25)8-9-23(20,4)12-18(27)21(29)24(5,30)13-26/h11,14-16,18-20,26-28,30H,6-10,12-13H2,1-5H3/t14-,15-,16-,18?,19+,20-,22+,23+,24?,25?/m0/s1. The smallest absolute Gasteiger partial charge is 0.194 e. The number of hydrogen-bond donors (Lipinski definition) is 4. The molecular weight excluding hydrogens is 380 g/mol. The van der Waals surface area contributed by atoms with Crippen LogP contribution < -0.4 is 0 Å². The van der Waals surface area contributed by atoms with Crippen molar-refractivity contribution in [2.45, 2.75) is 91.0 Å². The maximum atomic E-state index is 12.6. The summed E-state index contributed by atoms with van der Waals surface area (Å²) in [6, 6.07) is 0. The van der Waals surface area contributed by atoms with Crippen molar-refractivity contribution in [1.29, 1.82) is 0 Å². The number of aliphatic hydroxyl groups excluding tert-OH is 3. The van der Waals surface area contributed by atoms with Crippen LogP contribution in [0.5, 0.6) is 0 Å². The quantitative estimate of drug-likeness (QED) is 0.513. The summed E-state index contributed by atoms with van der Waals surface area (Å²) in [6.07, 6.45) is 6.09. The van der Waals surface area contributed by atoms with Gasteiger partial charge in [0.25, 0.3) is 0 Å². The number of rotatable bonds is 5. The van der Waals surface area contributed by atoms with E-state index < -0.39 is 24.1 Å². The summed E-state index contributed by atoms with van der Waals surface area (Å²) in [6.45, 7) is 9.63. The highest BCUT2D eigenvalue weighted by Crippen LogP contribution is 2.74. The van der Waals surface area contributed by atoms with E-state index in [0.29, 0.717) is 17.8 Å². The van der Waals surface area contributed by atoms with Crippen molar-refractivity contribution in [2.75, 3.05) is 6.61 Å². The lowest BCUT2D eigenvalue weighted by Gasteiger charge is -2.55. The fraction of sp³-hybridized carbons (Fsp3) is 0.880. The van der Waals surface area contributed by atoms with Crippen molar-refractivity contribution in [3.8, 4) is 0 Å². The molecule has 0 aliphatic heterocycles. The van der Waals surface area contributed by atoms with Crippen LogP contribution in [0.25, 0.3) is 0 Å². The Morgan fingerprint density at radius 1 is 1.27 bits per heavy atom. The van der Waals surface area contributed by atoms with Crippen LogP contribution in [0.15, 0.2) is 11.6 Å². The van der Waals surface area contributed by atoms with E-state index in [0.717, 1.165) is 32.1 Å². The number of aliphatic hydroxyl groups is 4. The number of Topliss-reactive ketones (excluding diaryl/α,β-unsaturated/α-hetero) is 1. The first kappa shape index (κ1) is 22.4. The maximum Gasteiger partial charge on any atom is 0.194 e. The largest absolute Gasteiger partial charge is 0.393 e. The molecule has 3 unspecified atom stereocenters. The Labute approximate surface area is 180 Å². The van der Waals surface area contributed by atoms with E-state index in [-0.39, 0.29) is 34.7 Å². The molecule has 0 bridgehead atoms. The lowest BCUT2D eigenvalue weighted by Crippen LogP contribution is -2.53. The highest BCUT2D eigenvalue weighted by Gasteiger charge is 2.69. The van der Waals surface area contributed by atoms with E-state index >= 15 is 0 Å². The summed E-state index contributed by atoms with van der Waals surface area (Å²) in [5.41, 5.74) is -0.876. The molecule has 4 aliphatic carbocycles. The van der Waals surface area contributed by atoms with Gasteiger partial charge in [-0.3, -0.25) is 4.79 Å². The zero-order valence-electron chi connectivity index (χ0n) is 19.2. The second-order valence-electron chi connectivity index (χ2n) is 11.9. The van der Waals surface area contributed by atoms with E-state index in [1.165, 1.54) is 12.5 Å². The number of allylic oxidation sites excluding steroid dienone is 1. The molecule has 4 N–H and O–H groups in total. The molecule has 0 heterocycles. The Morgan fingerprint density at radius 3 is 2.57 bits per heavy atom. The maximum absolute atomic E-state index is 12.6. The SMILES string of the molecule is C[C@H]1C[C@@H](O)C23C1=C[C@@]1(C)CC[C@](C)(CC(O)C(=O)C(C)(O)CO)[C@H]1[C@@H]2CC[C@@H]3C. The van der Waals surface area contributed by atoms with E-state index in [1.54, 1.807) is 0 Å². The first-order valence-corrected chi connectivity index (χ1v) is 11.8. The summed E-state index contributed by atoms with van der Waals surface area (Å²) in [4.78, 5) is 12.6. The molecule has 10 atom stereocenters. The highest BCUT2D eigenvalue weighted by atomic mass is 16.3. The summed E-state index contributed by atoms with van der Waals surface area (Å²) < 4.78 is 0. The molecule has 0 aromatic heterocycles. The molecule has 4 aliphatic rings. The minimum Gasteiger partial charge on any atom is -0.393 e. The summed E-state index contributed by atoms with van der Waals surface area (Å²) in [7, 11) is 0. The monoisotopic (exact) mass is 420 g/mol. The Morgan fingerprint density at radius 2 is 1.93 bits per heavy atom. The molecule has 170 valence electrons. The second kappa shape index (κ2) is 6.87. The molecule has 30 heavy (non-hydrogen) atoms. The van der Waals surface area contributed by atoms with Crippen LogP contribution in [0.1, 0.15) is 73.1 Å². The predicted molar refractivity (Wildman–Crippen MR) is 114 cm³/mol. The van der Waals surface area contributed by atoms with Gasteiger partial charge in [-0.05, 0) is 80.0 Å². The Kier molecular flexibility index (Phi) is 5.14. The van der Waals surface area contributed by atoms with Crippen LogP contribution >= 0.6 is 0 Å². The second-order valence-corrected chi connectivity index (χ2v) is 11.9. The van der Waals surface area contributed by atoms with Crippen LogP contribution in [0.4, 0.5) is 0 Å². The van der Waals surface area contributed by atoms with Crippen molar-refractivity contribution in [1.82, 2.24) is 0 Å². The number of carbonyl (C=O) groups is 1. The fourth-order valence-electron chi connectivity index (χ4n) is 8.66. The van der Waals surface area contributed by atoms with Crippen molar-refractivity contribution in [3.05, 3.63) is 11.6 Å². The van der Waals surface area contributed by atoms with Crippen molar-refractivity contribution in [3.63, 3.8) is 0 Å². The van der Waals surface area contributed by atoms with Gasteiger partial charge in [0.15, 0.2) is 5.78 Å². The van der Waals surface area contributed by atoms with Gasteiger partial charge < -0.3 is 20.4 Å². The van der Waals surface area contributed by atoms with E-state index in [1.807, 2.05) is 0 Å². The van der Waals surface area contributed by atoms with Crippen LogP contribution in [-0.2, 0) is 4.79 Å². The molecule has 5 heteroatoms. The lowest BCUT2D eigenvalue weighted by atomic mass is 9.49. The summed E-state index contributed by atoms with van der Waals surface area (Å²) >= 11 is 0. The van der Waals surface area contributed by atoms with Crippen LogP contribution in [0.3, 0.4) is 0 Å². The van der Waals surface area contributed by atoms with Crippen LogP contribution in [0.2, 0.25) is 0 Å². The minimum absolute atomic E-state index is 0.00287. The van der Waals surface area contributed by atoms with E-state index in [2.05, 4.69) is 33.8 Å². The highest BCUT2D eigenvalue weighted by molar-refractivity contribution is 5.90. The summed E-state index contributed by atoms with van der Waals surface area (Å²) in [5, 5.41) is 41.6. The molecule has 3 fully saturated rings. The van der Waals surface area contributed by atoms with Crippen molar-refractivity contribution < 1.29 is 25.2 Å². The molecule has 1 spiro atoms. The molecule has 0 saturated heterocycles. The van der Waals surface area contributed by atoms with Gasteiger partial charge in [0.05, 0.1) is 12.7 Å². The average molecular weight is 421 g/mol. The van der Waals surface area contributed by atoms with Crippen molar-refractivity contribution in [2.24, 2.45) is 39.9 Å². The van der Waals surface area contributed by atoms with Gasteiger partial charge in [-0.25, -0.2) is 0 Å². The van der Waals surface area contributed by atoms with E-state index in [9.17, 15) is 25.2 Å². The molecule has 0 radical (unpaired) electrons. The summed E-state index contributed by atoms with van der Waals surface area (Å²) in [5.74, 6) is 0.769. The zero-order chi connectivity index (χ0) is 22.3.